The maximum Gasteiger partial charge on any atom is 0.307 e. The van der Waals surface area contributed by atoms with Crippen LogP contribution >= 0.6 is 0 Å². The Bertz CT molecular complexity index is 280. The number of carbonyl (C=O) groups is 2. The third kappa shape index (κ3) is 4.00. The Kier molecular flexibility index (Phi) is 5.41. The second kappa shape index (κ2) is 6.59. The summed E-state index contributed by atoms with van der Waals surface area (Å²) in [6.45, 7) is 1.99. The van der Waals surface area contributed by atoms with Crippen molar-refractivity contribution >= 4 is 11.9 Å². The molecule has 0 saturated heterocycles. The largest absolute Gasteiger partial charge is 0.481 e. The van der Waals surface area contributed by atoms with Crippen molar-refractivity contribution in [3.63, 3.8) is 0 Å². The van der Waals surface area contributed by atoms with E-state index in [0.29, 0.717) is 25.7 Å². The summed E-state index contributed by atoms with van der Waals surface area (Å²) in [5.41, 5.74) is 0. The number of carboxylic acid groups (broad SMARTS) is 1. The number of amides is 1. The van der Waals surface area contributed by atoms with Crippen LogP contribution in [0.4, 0.5) is 0 Å². The molecule has 1 aliphatic carbocycles. The van der Waals surface area contributed by atoms with Gasteiger partial charge in [-0.1, -0.05) is 6.42 Å². The smallest absolute Gasteiger partial charge is 0.307 e. The maximum atomic E-state index is 11.9. The number of hydrogen-bond acceptors (Lipinski definition) is 3. The first-order valence-electron chi connectivity index (χ1n) is 6.20. The van der Waals surface area contributed by atoms with E-state index in [-0.39, 0.29) is 24.5 Å². The zero-order valence-electron chi connectivity index (χ0n) is 10.2. The Hall–Kier alpha value is -1.10. The molecule has 5 nitrogen and oxygen atoms in total. The first-order valence-corrected chi connectivity index (χ1v) is 6.20. The van der Waals surface area contributed by atoms with Gasteiger partial charge in [-0.05, 0) is 32.6 Å². The normalized spacial score (nSPS) is 25.5. The zero-order valence-corrected chi connectivity index (χ0v) is 10.2. The van der Waals surface area contributed by atoms with Crippen molar-refractivity contribution in [2.45, 2.75) is 45.1 Å². The second-order valence-electron chi connectivity index (χ2n) is 4.76. The van der Waals surface area contributed by atoms with Crippen molar-refractivity contribution in [3.05, 3.63) is 0 Å². The molecule has 0 bridgehead atoms. The monoisotopic (exact) mass is 243 g/mol. The Labute approximate surface area is 101 Å². The van der Waals surface area contributed by atoms with Gasteiger partial charge in [0, 0.05) is 12.6 Å². The molecule has 1 amide bonds. The van der Waals surface area contributed by atoms with E-state index in [1.165, 1.54) is 0 Å². The zero-order chi connectivity index (χ0) is 12.8. The van der Waals surface area contributed by atoms with Gasteiger partial charge in [-0.3, -0.25) is 9.59 Å². The van der Waals surface area contributed by atoms with E-state index in [0.717, 1.165) is 6.42 Å². The van der Waals surface area contributed by atoms with Gasteiger partial charge in [0.15, 0.2) is 0 Å². The first-order chi connectivity index (χ1) is 8.06. The first kappa shape index (κ1) is 14.0. The Balaban J connectivity index is 2.43. The van der Waals surface area contributed by atoms with E-state index in [1.807, 2.05) is 6.92 Å². The summed E-state index contributed by atoms with van der Waals surface area (Å²) in [5, 5.41) is 20.5. The SMILES string of the molecule is CC(CCCO)NC(=O)C1CCCC1C(=O)O. The molecule has 1 aliphatic rings. The van der Waals surface area contributed by atoms with Gasteiger partial charge in [0.1, 0.15) is 0 Å². The molecule has 1 saturated carbocycles. The van der Waals surface area contributed by atoms with E-state index >= 15 is 0 Å². The molecular weight excluding hydrogens is 222 g/mol. The minimum Gasteiger partial charge on any atom is -0.481 e. The highest BCUT2D eigenvalue weighted by Crippen LogP contribution is 2.32. The van der Waals surface area contributed by atoms with E-state index in [1.54, 1.807) is 0 Å². The molecule has 3 atom stereocenters. The van der Waals surface area contributed by atoms with Gasteiger partial charge in [0.2, 0.25) is 5.91 Å². The van der Waals surface area contributed by atoms with Gasteiger partial charge < -0.3 is 15.5 Å². The lowest BCUT2D eigenvalue weighted by Crippen LogP contribution is -2.40. The highest BCUT2D eigenvalue weighted by atomic mass is 16.4. The van der Waals surface area contributed by atoms with E-state index in [9.17, 15) is 9.59 Å². The Morgan fingerprint density at radius 3 is 2.59 bits per heavy atom. The number of nitrogens with one attached hydrogen (secondary N) is 1. The van der Waals surface area contributed by atoms with Crippen LogP contribution in [0.3, 0.4) is 0 Å². The highest BCUT2D eigenvalue weighted by molar-refractivity contribution is 5.85. The molecule has 0 aliphatic heterocycles. The fourth-order valence-corrected chi connectivity index (χ4v) is 2.39. The van der Waals surface area contributed by atoms with Crippen LogP contribution in [-0.4, -0.2) is 34.7 Å². The average molecular weight is 243 g/mol. The molecule has 1 rings (SSSR count). The minimum atomic E-state index is -0.870. The highest BCUT2D eigenvalue weighted by Gasteiger charge is 2.37. The summed E-state index contributed by atoms with van der Waals surface area (Å²) in [7, 11) is 0. The number of aliphatic carboxylic acids is 1. The van der Waals surface area contributed by atoms with Crippen molar-refractivity contribution < 1.29 is 19.8 Å². The van der Waals surface area contributed by atoms with Crippen molar-refractivity contribution in [1.82, 2.24) is 5.32 Å². The fraction of sp³-hybridized carbons (Fsp3) is 0.833. The van der Waals surface area contributed by atoms with Crippen LogP contribution in [0.15, 0.2) is 0 Å². The molecule has 0 spiro atoms. The number of carbonyl (C=O) groups excluding carboxylic acids is 1. The van der Waals surface area contributed by atoms with Crippen LogP contribution < -0.4 is 5.32 Å². The third-order valence-corrected chi connectivity index (χ3v) is 3.35. The molecule has 5 heteroatoms. The lowest BCUT2D eigenvalue weighted by molar-refractivity contribution is -0.146. The van der Waals surface area contributed by atoms with Gasteiger partial charge in [0.25, 0.3) is 0 Å². The Morgan fingerprint density at radius 1 is 1.35 bits per heavy atom. The number of rotatable bonds is 6. The Morgan fingerprint density at radius 2 is 2.00 bits per heavy atom. The lowest BCUT2D eigenvalue weighted by atomic mass is 9.95. The number of aliphatic hydroxyl groups is 1. The van der Waals surface area contributed by atoms with Crippen LogP contribution in [0.5, 0.6) is 0 Å². The summed E-state index contributed by atoms with van der Waals surface area (Å²) < 4.78 is 0. The average Bonchev–Trinajstić information content (AvgIpc) is 2.75. The number of aliphatic hydroxyl groups excluding tert-OH is 1. The van der Waals surface area contributed by atoms with E-state index in [2.05, 4.69) is 5.32 Å². The molecule has 0 aromatic rings. The summed E-state index contributed by atoms with van der Waals surface area (Å²) in [4.78, 5) is 22.9. The van der Waals surface area contributed by atoms with E-state index < -0.39 is 11.9 Å². The van der Waals surface area contributed by atoms with Gasteiger partial charge in [-0.15, -0.1) is 0 Å². The molecule has 3 unspecified atom stereocenters. The van der Waals surface area contributed by atoms with Crippen molar-refractivity contribution in [3.8, 4) is 0 Å². The van der Waals surface area contributed by atoms with Gasteiger partial charge in [0.05, 0.1) is 11.8 Å². The fourth-order valence-electron chi connectivity index (χ4n) is 2.39. The summed E-state index contributed by atoms with van der Waals surface area (Å²) >= 11 is 0. The molecule has 3 N–H and O–H groups in total. The van der Waals surface area contributed by atoms with Crippen LogP contribution in [0.1, 0.15) is 39.0 Å². The molecule has 0 heterocycles. The van der Waals surface area contributed by atoms with Crippen LogP contribution in [0.25, 0.3) is 0 Å². The van der Waals surface area contributed by atoms with Crippen LogP contribution in [-0.2, 0) is 9.59 Å². The summed E-state index contributed by atoms with van der Waals surface area (Å²) in [5.74, 6) is -1.94. The molecule has 0 aromatic heterocycles. The van der Waals surface area contributed by atoms with Gasteiger partial charge in [-0.25, -0.2) is 0 Å². The second-order valence-corrected chi connectivity index (χ2v) is 4.76. The maximum absolute atomic E-state index is 11.9. The number of carboxylic acids is 1. The van der Waals surface area contributed by atoms with Crippen LogP contribution in [0.2, 0.25) is 0 Å². The lowest BCUT2D eigenvalue weighted by Gasteiger charge is -2.19. The quantitative estimate of drug-likeness (QED) is 0.643. The van der Waals surface area contributed by atoms with Crippen molar-refractivity contribution in [1.29, 1.82) is 0 Å². The van der Waals surface area contributed by atoms with E-state index in [4.69, 9.17) is 10.2 Å². The molecule has 98 valence electrons. The predicted octanol–water partition coefficient (Wildman–Crippen LogP) is 0.764. The predicted molar refractivity (Wildman–Crippen MR) is 62.4 cm³/mol. The van der Waals surface area contributed by atoms with Crippen molar-refractivity contribution in [2.75, 3.05) is 6.61 Å². The standard InChI is InChI=1S/C12H21NO4/c1-8(4-3-7-14)13-11(15)9-5-2-6-10(9)12(16)17/h8-10,14H,2-7H2,1H3,(H,13,15)(H,16,17). The molecule has 1 fully saturated rings. The molecule has 17 heavy (non-hydrogen) atoms. The van der Waals surface area contributed by atoms with Crippen LogP contribution in [0, 0.1) is 11.8 Å². The van der Waals surface area contributed by atoms with Gasteiger partial charge >= 0.3 is 5.97 Å². The molecule has 0 radical (unpaired) electrons. The molecular formula is C12H21NO4. The molecule has 0 aromatic carbocycles. The van der Waals surface area contributed by atoms with Gasteiger partial charge in [-0.2, -0.15) is 0 Å². The topological polar surface area (TPSA) is 86.6 Å². The number of hydrogen-bond donors (Lipinski definition) is 3. The summed E-state index contributed by atoms with van der Waals surface area (Å²) in [6.07, 6.45) is 3.43. The van der Waals surface area contributed by atoms with Crippen molar-refractivity contribution in [2.24, 2.45) is 11.8 Å². The minimum absolute atomic E-state index is 0.00954. The summed E-state index contributed by atoms with van der Waals surface area (Å²) in [6, 6.07) is -0.00954. The third-order valence-electron chi connectivity index (χ3n) is 3.35.